The molecule has 1 saturated heterocycles. The molecule has 1 aliphatic heterocycles. The van der Waals surface area contributed by atoms with Crippen molar-refractivity contribution in [3.05, 3.63) is 35.9 Å². The summed E-state index contributed by atoms with van der Waals surface area (Å²) in [5, 5.41) is 3.72. The van der Waals surface area contributed by atoms with E-state index in [-0.39, 0.29) is 11.1 Å². The third-order valence-electron chi connectivity index (χ3n) is 4.46. The van der Waals surface area contributed by atoms with E-state index in [9.17, 15) is 0 Å². The summed E-state index contributed by atoms with van der Waals surface area (Å²) in [7, 11) is 2.24. The molecular weight excluding hydrogens is 208 g/mol. The van der Waals surface area contributed by atoms with Crippen LogP contribution in [0.1, 0.15) is 32.8 Å². The molecule has 1 N–H and O–H groups in total. The first-order chi connectivity index (χ1) is 8.00. The number of piperazine rings is 1. The maximum absolute atomic E-state index is 3.72. The minimum absolute atomic E-state index is 0.107. The van der Waals surface area contributed by atoms with Gasteiger partial charge in [0.2, 0.25) is 0 Å². The molecule has 1 aliphatic rings. The van der Waals surface area contributed by atoms with Gasteiger partial charge in [0.05, 0.1) is 5.54 Å². The van der Waals surface area contributed by atoms with Crippen molar-refractivity contribution in [3.8, 4) is 0 Å². The maximum atomic E-state index is 3.72. The molecule has 0 aromatic heterocycles. The highest BCUT2D eigenvalue weighted by molar-refractivity contribution is 5.25. The Morgan fingerprint density at radius 3 is 2.41 bits per heavy atom. The third kappa shape index (κ3) is 2.24. The van der Waals surface area contributed by atoms with Crippen LogP contribution in [-0.2, 0) is 5.54 Å². The zero-order valence-electron chi connectivity index (χ0n) is 11.5. The summed E-state index contributed by atoms with van der Waals surface area (Å²) in [6.45, 7) is 9.00. The molecule has 2 rings (SSSR count). The van der Waals surface area contributed by atoms with E-state index in [1.54, 1.807) is 0 Å². The van der Waals surface area contributed by atoms with Crippen molar-refractivity contribution in [1.29, 1.82) is 0 Å². The second-order valence-corrected chi connectivity index (χ2v) is 5.76. The van der Waals surface area contributed by atoms with E-state index >= 15 is 0 Å². The van der Waals surface area contributed by atoms with Crippen LogP contribution in [0, 0.1) is 0 Å². The first-order valence-electron chi connectivity index (χ1n) is 6.52. The fourth-order valence-electron chi connectivity index (χ4n) is 2.63. The predicted octanol–water partition coefficient (Wildman–Crippen LogP) is 2.61. The largest absolute Gasteiger partial charge is 0.308 e. The predicted molar refractivity (Wildman–Crippen MR) is 73.1 cm³/mol. The van der Waals surface area contributed by atoms with Gasteiger partial charge in [-0.25, -0.2) is 0 Å². The van der Waals surface area contributed by atoms with E-state index in [0.29, 0.717) is 0 Å². The summed E-state index contributed by atoms with van der Waals surface area (Å²) >= 11 is 0. The summed E-state index contributed by atoms with van der Waals surface area (Å²) in [6, 6.07) is 10.8. The highest BCUT2D eigenvalue weighted by Gasteiger charge is 2.40. The van der Waals surface area contributed by atoms with Gasteiger partial charge in [0, 0.05) is 18.6 Å². The second-order valence-electron chi connectivity index (χ2n) is 5.76. The van der Waals surface area contributed by atoms with Gasteiger partial charge in [0.25, 0.3) is 0 Å². The van der Waals surface area contributed by atoms with Crippen LogP contribution in [0.2, 0.25) is 0 Å². The normalized spacial score (nSPS) is 34.8. The summed E-state index contributed by atoms with van der Waals surface area (Å²) in [4.78, 5) is 2.49. The van der Waals surface area contributed by atoms with Crippen LogP contribution in [-0.4, -0.2) is 30.6 Å². The number of nitrogens with one attached hydrogen (secondary N) is 1. The van der Waals surface area contributed by atoms with Crippen molar-refractivity contribution in [2.75, 3.05) is 20.1 Å². The standard InChI is InChI=1S/C15H24N2/c1-5-14(2)12-17(4)15(3,11-16-14)13-9-7-6-8-10-13/h6-10,16H,5,11-12H2,1-4H3. The van der Waals surface area contributed by atoms with E-state index in [0.717, 1.165) is 13.1 Å². The molecule has 1 heterocycles. The van der Waals surface area contributed by atoms with Crippen LogP contribution in [0.25, 0.3) is 0 Å². The van der Waals surface area contributed by atoms with Gasteiger partial charge in [-0.15, -0.1) is 0 Å². The lowest BCUT2D eigenvalue weighted by molar-refractivity contribution is 0.0400. The first-order valence-corrected chi connectivity index (χ1v) is 6.52. The number of hydrogen-bond acceptors (Lipinski definition) is 2. The molecule has 0 amide bonds. The SMILES string of the molecule is CCC1(C)CN(C)C(C)(c2ccccc2)CN1. The van der Waals surface area contributed by atoms with Crippen LogP contribution in [0.15, 0.2) is 30.3 Å². The van der Waals surface area contributed by atoms with Crippen molar-refractivity contribution >= 4 is 0 Å². The molecule has 2 atom stereocenters. The van der Waals surface area contributed by atoms with E-state index < -0.39 is 0 Å². The van der Waals surface area contributed by atoms with E-state index in [1.165, 1.54) is 12.0 Å². The summed E-state index contributed by atoms with van der Waals surface area (Å²) in [5.41, 5.74) is 1.76. The summed E-state index contributed by atoms with van der Waals surface area (Å²) in [5.74, 6) is 0. The molecule has 1 aromatic rings. The van der Waals surface area contributed by atoms with Crippen LogP contribution in [0.5, 0.6) is 0 Å². The molecular formula is C15H24N2. The molecule has 0 saturated carbocycles. The van der Waals surface area contributed by atoms with Crippen molar-refractivity contribution < 1.29 is 0 Å². The number of rotatable bonds is 2. The van der Waals surface area contributed by atoms with E-state index in [4.69, 9.17) is 0 Å². The Kier molecular flexibility index (Phi) is 3.28. The van der Waals surface area contributed by atoms with Gasteiger partial charge in [-0.2, -0.15) is 0 Å². The van der Waals surface area contributed by atoms with Gasteiger partial charge in [-0.1, -0.05) is 37.3 Å². The third-order valence-corrected chi connectivity index (χ3v) is 4.46. The molecule has 1 fully saturated rings. The zero-order valence-corrected chi connectivity index (χ0v) is 11.5. The number of hydrogen-bond donors (Lipinski definition) is 1. The van der Waals surface area contributed by atoms with Gasteiger partial charge in [-0.05, 0) is 32.9 Å². The second kappa shape index (κ2) is 4.43. The number of nitrogens with zero attached hydrogens (tertiary/aromatic N) is 1. The molecule has 0 spiro atoms. The molecule has 0 radical (unpaired) electrons. The molecule has 0 bridgehead atoms. The van der Waals surface area contributed by atoms with Gasteiger partial charge >= 0.3 is 0 Å². The molecule has 17 heavy (non-hydrogen) atoms. The average Bonchev–Trinajstić information content (AvgIpc) is 2.36. The average molecular weight is 232 g/mol. The van der Waals surface area contributed by atoms with Gasteiger partial charge in [0.15, 0.2) is 0 Å². The fraction of sp³-hybridized carbons (Fsp3) is 0.600. The molecule has 2 nitrogen and oxygen atoms in total. The van der Waals surface area contributed by atoms with Crippen LogP contribution in [0.4, 0.5) is 0 Å². The summed E-state index contributed by atoms with van der Waals surface area (Å²) < 4.78 is 0. The van der Waals surface area contributed by atoms with Crippen LogP contribution in [0.3, 0.4) is 0 Å². The minimum atomic E-state index is 0.107. The topological polar surface area (TPSA) is 15.3 Å². The molecule has 2 heteroatoms. The Bertz CT molecular complexity index is 376. The van der Waals surface area contributed by atoms with Gasteiger partial charge < -0.3 is 5.32 Å². The molecule has 0 aliphatic carbocycles. The highest BCUT2D eigenvalue weighted by Crippen LogP contribution is 2.32. The monoisotopic (exact) mass is 232 g/mol. The van der Waals surface area contributed by atoms with Crippen molar-refractivity contribution in [2.45, 2.75) is 38.3 Å². The number of likely N-dealkylation sites (N-methyl/N-ethyl adjacent to an activating group) is 1. The lowest BCUT2D eigenvalue weighted by atomic mass is 9.83. The van der Waals surface area contributed by atoms with Gasteiger partial charge in [0.1, 0.15) is 0 Å². The Balaban J connectivity index is 2.24. The minimum Gasteiger partial charge on any atom is -0.308 e. The van der Waals surface area contributed by atoms with Crippen molar-refractivity contribution in [3.63, 3.8) is 0 Å². The lowest BCUT2D eigenvalue weighted by Crippen LogP contribution is -2.65. The highest BCUT2D eigenvalue weighted by atomic mass is 15.3. The Morgan fingerprint density at radius 1 is 1.24 bits per heavy atom. The number of benzene rings is 1. The quantitative estimate of drug-likeness (QED) is 0.843. The Hall–Kier alpha value is -0.860. The van der Waals surface area contributed by atoms with Crippen LogP contribution < -0.4 is 5.32 Å². The lowest BCUT2D eigenvalue weighted by Gasteiger charge is -2.51. The van der Waals surface area contributed by atoms with Gasteiger partial charge in [-0.3, -0.25) is 4.90 Å². The Morgan fingerprint density at radius 2 is 1.88 bits per heavy atom. The molecule has 94 valence electrons. The smallest absolute Gasteiger partial charge is 0.0555 e. The van der Waals surface area contributed by atoms with Crippen LogP contribution >= 0.6 is 0 Å². The zero-order chi connectivity index (χ0) is 12.5. The van der Waals surface area contributed by atoms with E-state index in [1.807, 2.05) is 0 Å². The molecule has 2 unspecified atom stereocenters. The fourth-order valence-corrected chi connectivity index (χ4v) is 2.63. The van der Waals surface area contributed by atoms with Crippen molar-refractivity contribution in [1.82, 2.24) is 10.2 Å². The first kappa shape index (κ1) is 12.6. The summed E-state index contributed by atoms with van der Waals surface area (Å²) in [6.07, 6.45) is 1.17. The Labute approximate surface area is 105 Å². The molecule has 1 aromatic carbocycles. The van der Waals surface area contributed by atoms with Crippen molar-refractivity contribution in [2.24, 2.45) is 0 Å². The maximum Gasteiger partial charge on any atom is 0.0555 e. The van der Waals surface area contributed by atoms with E-state index in [2.05, 4.69) is 68.4 Å².